The molecule has 1 amide bonds. The minimum absolute atomic E-state index is 0.0553. The van der Waals surface area contributed by atoms with Gasteiger partial charge in [0.1, 0.15) is 0 Å². The lowest BCUT2D eigenvalue weighted by molar-refractivity contribution is 0.0690. The Morgan fingerprint density at radius 2 is 1.96 bits per heavy atom. The smallest absolute Gasteiger partial charge is 0.254 e. The quantitative estimate of drug-likeness (QED) is 0.813. The summed E-state index contributed by atoms with van der Waals surface area (Å²) in [5, 5.41) is 0. The number of hydrogen-bond donors (Lipinski definition) is 0. The molecular formula is C19H26N2O3S. The number of sulfonamides is 1. The summed E-state index contributed by atoms with van der Waals surface area (Å²) in [6, 6.07) is 7.51. The van der Waals surface area contributed by atoms with Crippen molar-refractivity contribution in [1.29, 1.82) is 0 Å². The van der Waals surface area contributed by atoms with Crippen molar-refractivity contribution in [3.63, 3.8) is 0 Å². The maximum Gasteiger partial charge on any atom is 0.254 e. The van der Waals surface area contributed by atoms with Gasteiger partial charge < -0.3 is 4.90 Å². The van der Waals surface area contributed by atoms with Gasteiger partial charge in [0.05, 0.1) is 11.4 Å². The van der Waals surface area contributed by atoms with E-state index in [1.807, 2.05) is 11.0 Å². The van der Waals surface area contributed by atoms with E-state index in [0.717, 1.165) is 13.0 Å². The number of carbonyl (C=O) groups excluding carboxylic acids is 1. The van der Waals surface area contributed by atoms with Crippen molar-refractivity contribution in [2.45, 2.75) is 45.1 Å². The average Bonchev–Trinajstić information content (AvgIpc) is 3.14. The third-order valence-corrected chi connectivity index (χ3v) is 8.01. The second kappa shape index (κ2) is 6.31. The number of rotatable bonds is 2. The summed E-state index contributed by atoms with van der Waals surface area (Å²) in [5.74, 6) is 1.43. The molecule has 3 unspecified atom stereocenters. The Morgan fingerprint density at radius 1 is 1.16 bits per heavy atom. The van der Waals surface area contributed by atoms with Crippen LogP contribution in [-0.4, -0.2) is 44.1 Å². The first-order valence-corrected chi connectivity index (χ1v) is 11.0. The van der Waals surface area contributed by atoms with Crippen LogP contribution in [0, 0.1) is 11.8 Å². The monoisotopic (exact) mass is 362 g/mol. The van der Waals surface area contributed by atoms with Gasteiger partial charge in [-0.2, -0.15) is 0 Å². The lowest BCUT2D eigenvalue weighted by atomic mass is 9.80. The number of benzene rings is 1. The Hall–Kier alpha value is -1.56. The fourth-order valence-corrected chi connectivity index (χ4v) is 6.45. The van der Waals surface area contributed by atoms with Crippen molar-refractivity contribution < 1.29 is 13.2 Å². The lowest BCUT2D eigenvalue weighted by Gasteiger charge is -2.32. The van der Waals surface area contributed by atoms with Gasteiger partial charge in [-0.1, -0.05) is 25.8 Å². The molecule has 25 heavy (non-hydrogen) atoms. The summed E-state index contributed by atoms with van der Waals surface area (Å²) in [4.78, 5) is 15.2. The molecule has 3 aliphatic rings. The second-order valence-corrected chi connectivity index (χ2v) is 9.76. The van der Waals surface area contributed by atoms with Crippen LogP contribution in [-0.2, 0) is 10.0 Å². The van der Waals surface area contributed by atoms with Gasteiger partial charge in [-0.05, 0) is 49.3 Å². The zero-order valence-electron chi connectivity index (χ0n) is 14.7. The summed E-state index contributed by atoms with van der Waals surface area (Å²) in [5.41, 5.74) is 1.23. The summed E-state index contributed by atoms with van der Waals surface area (Å²) in [6.07, 6.45) is 5.44. The normalized spacial score (nSPS) is 31.2. The molecular weight excluding hydrogens is 336 g/mol. The third-order valence-electron chi connectivity index (χ3n) is 6.14. The first kappa shape index (κ1) is 16.9. The molecule has 4 rings (SSSR count). The SMILES string of the molecule is CC1CN(C(=O)c2cccc(N3CCCS3(=O)=O)c2)C2CCCCC12. The van der Waals surface area contributed by atoms with Crippen molar-refractivity contribution >= 4 is 21.6 Å². The molecule has 0 bridgehead atoms. The fourth-order valence-electron chi connectivity index (χ4n) is 4.89. The highest BCUT2D eigenvalue weighted by molar-refractivity contribution is 7.93. The van der Waals surface area contributed by atoms with Crippen molar-refractivity contribution in [2.75, 3.05) is 23.1 Å². The standard InChI is InChI=1S/C19H26N2O3S/c1-14-13-20(18-9-3-2-8-17(14)18)19(22)15-6-4-7-16(12-15)21-10-5-11-25(21,23)24/h4,6-7,12,14,17-18H,2-3,5,8-11,13H2,1H3. The third kappa shape index (κ3) is 2.94. The lowest BCUT2D eigenvalue weighted by Crippen LogP contribution is -2.39. The molecule has 2 aliphatic heterocycles. The number of carbonyl (C=O) groups is 1. The van der Waals surface area contributed by atoms with Crippen molar-refractivity contribution in [2.24, 2.45) is 11.8 Å². The van der Waals surface area contributed by atoms with Crippen molar-refractivity contribution in [3.05, 3.63) is 29.8 Å². The highest BCUT2D eigenvalue weighted by Crippen LogP contribution is 2.40. The van der Waals surface area contributed by atoms with E-state index in [2.05, 4.69) is 6.92 Å². The summed E-state index contributed by atoms with van der Waals surface area (Å²) in [7, 11) is -3.22. The van der Waals surface area contributed by atoms with Crippen LogP contribution in [0.1, 0.15) is 49.4 Å². The van der Waals surface area contributed by atoms with E-state index >= 15 is 0 Å². The molecule has 0 radical (unpaired) electrons. The molecule has 0 N–H and O–H groups in total. The molecule has 1 aromatic carbocycles. The van der Waals surface area contributed by atoms with Gasteiger partial charge in [-0.15, -0.1) is 0 Å². The fraction of sp³-hybridized carbons (Fsp3) is 0.632. The van der Waals surface area contributed by atoms with Crippen LogP contribution in [0.5, 0.6) is 0 Å². The Labute approximate surface area is 150 Å². The average molecular weight is 362 g/mol. The second-order valence-electron chi connectivity index (χ2n) is 7.74. The minimum Gasteiger partial charge on any atom is -0.335 e. The predicted molar refractivity (Wildman–Crippen MR) is 98.1 cm³/mol. The van der Waals surface area contributed by atoms with Crippen LogP contribution >= 0.6 is 0 Å². The van der Waals surface area contributed by atoms with Crippen LogP contribution < -0.4 is 4.31 Å². The van der Waals surface area contributed by atoms with Crippen LogP contribution in [0.3, 0.4) is 0 Å². The molecule has 3 atom stereocenters. The van der Waals surface area contributed by atoms with Gasteiger partial charge in [-0.25, -0.2) is 8.42 Å². The number of anilines is 1. The number of amides is 1. The van der Waals surface area contributed by atoms with Gasteiger partial charge in [0.25, 0.3) is 5.91 Å². The van der Waals surface area contributed by atoms with E-state index in [1.165, 1.54) is 23.6 Å². The predicted octanol–water partition coefficient (Wildman–Crippen LogP) is 2.88. The largest absolute Gasteiger partial charge is 0.335 e. The molecule has 3 fully saturated rings. The molecule has 0 spiro atoms. The number of hydrogen-bond acceptors (Lipinski definition) is 3. The first-order chi connectivity index (χ1) is 12.0. The first-order valence-electron chi connectivity index (χ1n) is 9.39. The molecule has 1 aliphatic carbocycles. The highest BCUT2D eigenvalue weighted by Gasteiger charge is 2.42. The topological polar surface area (TPSA) is 57.7 Å². The summed E-state index contributed by atoms with van der Waals surface area (Å²) in [6.45, 7) is 3.58. The molecule has 1 aromatic rings. The molecule has 5 nitrogen and oxygen atoms in total. The number of likely N-dealkylation sites (tertiary alicyclic amines) is 1. The van der Waals surface area contributed by atoms with E-state index in [4.69, 9.17) is 0 Å². The Bertz CT molecular complexity index is 777. The zero-order valence-corrected chi connectivity index (χ0v) is 15.5. The van der Waals surface area contributed by atoms with Gasteiger partial charge >= 0.3 is 0 Å². The molecule has 136 valence electrons. The summed E-state index contributed by atoms with van der Waals surface area (Å²) < 4.78 is 25.8. The van der Waals surface area contributed by atoms with E-state index < -0.39 is 10.0 Å². The van der Waals surface area contributed by atoms with E-state index in [0.29, 0.717) is 42.1 Å². The van der Waals surface area contributed by atoms with E-state index in [-0.39, 0.29) is 11.7 Å². The van der Waals surface area contributed by atoms with Gasteiger partial charge in [-0.3, -0.25) is 9.10 Å². The maximum atomic E-state index is 13.1. The Balaban J connectivity index is 1.60. The van der Waals surface area contributed by atoms with E-state index in [9.17, 15) is 13.2 Å². The molecule has 2 saturated heterocycles. The number of nitrogens with zero attached hydrogens (tertiary/aromatic N) is 2. The molecule has 1 saturated carbocycles. The van der Waals surface area contributed by atoms with Crippen LogP contribution in [0.2, 0.25) is 0 Å². The minimum atomic E-state index is -3.22. The maximum absolute atomic E-state index is 13.1. The summed E-state index contributed by atoms with van der Waals surface area (Å²) >= 11 is 0. The van der Waals surface area contributed by atoms with Gasteiger partial charge in [0, 0.05) is 24.7 Å². The molecule has 2 heterocycles. The Kier molecular flexibility index (Phi) is 4.26. The van der Waals surface area contributed by atoms with Crippen molar-refractivity contribution in [3.8, 4) is 0 Å². The molecule has 0 aromatic heterocycles. The van der Waals surface area contributed by atoms with Crippen LogP contribution in [0.15, 0.2) is 24.3 Å². The highest BCUT2D eigenvalue weighted by atomic mass is 32.2. The van der Waals surface area contributed by atoms with E-state index in [1.54, 1.807) is 18.2 Å². The van der Waals surface area contributed by atoms with Gasteiger partial charge in [0.2, 0.25) is 10.0 Å². The Morgan fingerprint density at radius 3 is 2.72 bits per heavy atom. The zero-order chi connectivity index (χ0) is 17.6. The van der Waals surface area contributed by atoms with Crippen LogP contribution in [0.4, 0.5) is 5.69 Å². The number of fused-ring (bicyclic) bond motifs is 1. The van der Waals surface area contributed by atoms with Gasteiger partial charge in [0.15, 0.2) is 0 Å². The van der Waals surface area contributed by atoms with Crippen LogP contribution in [0.25, 0.3) is 0 Å². The van der Waals surface area contributed by atoms with Crippen molar-refractivity contribution in [1.82, 2.24) is 4.90 Å². The molecule has 6 heteroatoms.